The molecule has 0 spiro atoms. The summed E-state index contributed by atoms with van der Waals surface area (Å²) in [7, 11) is 0. The molecule has 0 saturated carbocycles. The largest absolute Gasteiger partial charge is 0.409 e. The van der Waals surface area contributed by atoms with E-state index in [0.717, 1.165) is 18.5 Å². The van der Waals surface area contributed by atoms with Gasteiger partial charge in [0, 0.05) is 28.4 Å². The van der Waals surface area contributed by atoms with Gasteiger partial charge in [-0.05, 0) is 42.3 Å². The molecule has 4 N–H and O–H groups in total. The van der Waals surface area contributed by atoms with Crippen LogP contribution in [0.1, 0.15) is 27.8 Å². The van der Waals surface area contributed by atoms with Gasteiger partial charge in [-0.1, -0.05) is 12.1 Å². The van der Waals surface area contributed by atoms with E-state index in [1.807, 2.05) is 0 Å². The van der Waals surface area contributed by atoms with Gasteiger partial charge in [0.2, 0.25) is 0 Å². The summed E-state index contributed by atoms with van der Waals surface area (Å²) in [4.78, 5) is 2.60. The molecule has 0 fully saturated rings. The van der Waals surface area contributed by atoms with Crippen LogP contribution >= 0.6 is 11.3 Å². The molecular weight excluding hydrogens is 289 g/mol. The van der Waals surface area contributed by atoms with Gasteiger partial charge >= 0.3 is 0 Å². The van der Waals surface area contributed by atoms with Gasteiger partial charge in [0.1, 0.15) is 5.82 Å². The Labute approximate surface area is 127 Å². The molecule has 112 valence electrons. The van der Waals surface area contributed by atoms with E-state index in [4.69, 9.17) is 10.9 Å². The van der Waals surface area contributed by atoms with E-state index in [-0.39, 0.29) is 5.84 Å². The zero-order chi connectivity index (χ0) is 15.2. The summed E-state index contributed by atoms with van der Waals surface area (Å²) in [6, 6.07) is 8.61. The minimum absolute atomic E-state index is 0.0957. The van der Waals surface area contributed by atoms with E-state index in [2.05, 4.69) is 29.5 Å². The summed E-state index contributed by atoms with van der Waals surface area (Å²) in [5, 5.41) is 14.8. The molecule has 1 aromatic heterocycles. The molecule has 1 aromatic carbocycles. The number of nitrogens with one attached hydrogen (secondary N) is 1. The maximum Gasteiger partial charge on any atom is 0.170 e. The Hall–Kier alpha value is -1.92. The molecule has 0 radical (unpaired) electrons. The normalized spacial score (nSPS) is 11.8. The molecule has 0 unspecified atom stereocenters. The lowest BCUT2D eigenvalue weighted by Crippen LogP contribution is -2.16. The number of nitrogens with zero attached hydrogens (tertiary/aromatic N) is 1. The van der Waals surface area contributed by atoms with Crippen molar-refractivity contribution >= 4 is 17.2 Å². The van der Waals surface area contributed by atoms with Gasteiger partial charge in [0.15, 0.2) is 5.84 Å². The summed E-state index contributed by atoms with van der Waals surface area (Å²) < 4.78 is 13.5. The number of aryl methyl sites for hydroxylation is 1. The molecule has 2 rings (SSSR count). The van der Waals surface area contributed by atoms with Crippen LogP contribution in [0.4, 0.5) is 4.39 Å². The first-order valence-corrected chi connectivity index (χ1v) is 7.49. The van der Waals surface area contributed by atoms with E-state index >= 15 is 0 Å². The first-order chi connectivity index (χ1) is 10.1. The van der Waals surface area contributed by atoms with Gasteiger partial charge in [0.25, 0.3) is 0 Å². The van der Waals surface area contributed by atoms with Crippen molar-refractivity contribution in [3.63, 3.8) is 0 Å². The Morgan fingerprint density at radius 1 is 1.29 bits per heavy atom. The van der Waals surface area contributed by atoms with Crippen molar-refractivity contribution in [1.29, 1.82) is 0 Å². The molecule has 1 heterocycles. The van der Waals surface area contributed by atoms with Crippen LogP contribution in [0, 0.1) is 5.82 Å². The van der Waals surface area contributed by atoms with Crippen LogP contribution in [0.2, 0.25) is 0 Å². The third kappa shape index (κ3) is 4.27. The van der Waals surface area contributed by atoms with Crippen LogP contribution < -0.4 is 11.1 Å². The molecule has 0 bridgehead atoms. The Balaban J connectivity index is 1.98. The van der Waals surface area contributed by atoms with Crippen molar-refractivity contribution in [2.24, 2.45) is 10.9 Å². The molecule has 0 saturated heterocycles. The van der Waals surface area contributed by atoms with Crippen molar-refractivity contribution in [2.75, 3.05) is 0 Å². The summed E-state index contributed by atoms with van der Waals surface area (Å²) in [5.41, 5.74) is 6.61. The Bertz CT molecular complexity index is 640. The fourth-order valence-electron chi connectivity index (χ4n) is 2.00. The number of halogens is 1. The highest BCUT2D eigenvalue weighted by Crippen LogP contribution is 2.17. The number of amidine groups is 1. The molecule has 0 aliphatic heterocycles. The molecule has 6 heteroatoms. The van der Waals surface area contributed by atoms with Crippen molar-refractivity contribution in [3.8, 4) is 0 Å². The summed E-state index contributed by atoms with van der Waals surface area (Å²) >= 11 is 1.77. The molecular formula is C15H18FN3OS. The lowest BCUT2D eigenvalue weighted by atomic mass is 10.1. The number of hydrogen-bond acceptors (Lipinski definition) is 4. The van der Waals surface area contributed by atoms with Gasteiger partial charge in [-0.2, -0.15) is 0 Å². The van der Waals surface area contributed by atoms with Crippen LogP contribution in [0.3, 0.4) is 0 Å². The Kier molecular flexibility index (Phi) is 5.30. The maximum atomic E-state index is 13.5. The average Bonchev–Trinajstić information content (AvgIpc) is 2.94. The van der Waals surface area contributed by atoms with Crippen LogP contribution in [-0.4, -0.2) is 11.0 Å². The Morgan fingerprint density at radius 3 is 2.71 bits per heavy atom. The number of nitrogens with two attached hydrogens (primary N) is 1. The van der Waals surface area contributed by atoms with Crippen molar-refractivity contribution in [2.45, 2.75) is 26.4 Å². The van der Waals surface area contributed by atoms with Crippen LogP contribution in [0.25, 0.3) is 0 Å². The first kappa shape index (κ1) is 15.5. The second-order valence-electron chi connectivity index (χ2n) is 4.66. The van der Waals surface area contributed by atoms with Gasteiger partial charge in [0.05, 0.1) is 0 Å². The zero-order valence-corrected chi connectivity index (χ0v) is 12.6. The van der Waals surface area contributed by atoms with Gasteiger partial charge in [-0.25, -0.2) is 4.39 Å². The predicted molar refractivity (Wildman–Crippen MR) is 83.2 cm³/mol. The van der Waals surface area contributed by atoms with Crippen molar-refractivity contribution < 1.29 is 9.60 Å². The minimum atomic E-state index is -0.403. The van der Waals surface area contributed by atoms with Crippen molar-refractivity contribution in [1.82, 2.24) is 5.32 Å². The molecule has 0 aliphatic rings. The predicted octanol–water partition coefficient (Wildman–Crippen LogP) is 2.83. The fourth-order valence-corrected chi connectivity index (χ4v) is 2.92. The summed E-state index contributed by atoms with van der Waals surface area (Å²) in [6.45, 7) is 3.38. The molecule has 0 aliphatic carbocycles. The topological polar surface area (TPSA) is 70.6 Å². The van der Waals surface area contributed by atoms with Crippen molar-refractivity contribution in [3.05, 3.63) is 57.0 Å². The molecule has 2 aromatic rings. The van der Waals surface area contributed by atoms with E-state index in [9.17, 15) is 4.39 Å². The average molecular weight is 307 g/mol. The third-order valence-corrected chi connectivity index (χ3v) is 4.28. The quantitative estimate of drug-likeness (QED) is 0.333. The molecule has 21 heavy (non-hydrogen) atoms. The van der Waals surface area contributed by atoms with E-state index in [1.165, 1.54) is 21.9 Å². The maximum absolute atomic E-state index is 13.5. The lowest BCUT2D eigenvalue weighted by Gasteiger charge is -2.06. The standard InChI is InChI=1S/C15H18FN3OS/c1-2-13-3-4-14(21-13)9-18-8-10-5-11(15(17)19-20)7-12(16)6-10/h3-7,18,20H,2,8-9H2,1H3,(H2,17,19). The zero-order valence-electron chi connectivity index (χ0n) is 11.8. The number of hydrogen-bond donors (Lipinski definition) is 3. The van der Waals surface area contributed by atoms with E-state index < -0.39 is 5.82 Å². The number of thiophene rings is 1. The minimum Gasteiger partial charge on any atom is -0.409 e. The number of benzene rings is 1. The number of rotatable bonds is 6. The smallest absolute Gasteiger partial charge is 0.170 e. The van der Waals surface area contributed by atoms with E-state index in [0.29, 0.717) is 12.1 Å². The van der Waals surface area contributed by atoms with Gasteiger partial charge in [-0.3, -0.25) is 0 Å². The third-order valence-electron chi connectivity index (χ3n) is 3.06. The van der Waals surface area contributed by atoms with Gasteiger partial charge in [-0.15, -0.1) is 11.3 Å². The fraction of sp³-hybridized carbons (Fsp3) is 0.267. The molecule has 0 amide bonds. The van der Waals surface area contributed by atoms with E-state index in [1.54, 1.807) is 17.4 Å². The highest BCUT2D eigenvalue weighted by Gasteiger charge is 2.05. The SMILES string of the molecule is CCc1ccc(CNCc2cc(F)cc(/C(N)=N/O)c2)s1. The second-order valence-corrected chi connectivity index (χ2v) is 5.91. The molecule has 4 nitrogen and oxygen atoms in total. The number of oxime groups is 1. The molecule has 0 atom stereocenters. The summed E-state index contributed by atoms with van der Waals surface area (Å²) in [6.07, 6.45) is 1.04. The van der Waals surface area contributed by atoms with Crippen LogP contribution in [-0.2, 0) is 19.5 Å². The first-order valence-electron chi connectivity index (χ1n) is 6.68. The van der Waals surface area contributed by atoms with Gasteiger partial charge < -0.3 is 16.3 Å². The Morgan fingerprint density at radius 2 is 2.05 bits per heavy atom. The highest BCUT2D eigenvalue weighted by molar-refractivity contribution is 7.11. The summed E-state index contributed by atoms with van der Waals surface area (Å²) in [5.74, 6) is -0.498. The highest BCUT2D eigenvalue weighted by atomic mass is 32.1. The lowest BCUT2D eigenvalue weighted by molar-refractivity contribution is 0.318. The van der Waals surface area contributed by atoms with Crippen LogP contribution in [0.15, 0.2) is 35.5 Å². The van der Waals surface area contributed by atoms with Crippen LogP contribution in [0.5, 0.6) is 0 Å². The second kappa shape index (κ2) is 7.19. The monoisotopic (exact) mass is 307 g/mol.